The fourth-order valence-electron chi connectivity index (χ4n) is 9.54. The average molecular weight is 655 g/mol. The van der Waals surface area contributed by atoms with Crippen LogP contribution >= 0.6 is 0 Å². The summed E-state index contributed by atoms with van der Waals surface area (Å²) < 4.78 is 0. The molecule has 4 aliphatic carbocycles. The zero-order valence-corrected chi connectivity index (χ0v) is 29.5. The van der Waals surface area contributed by atoms with Gasteiger partial charge in [0, 0.05) is 18.0 Å². The number of amides is 4. The van der Waals surface area contributed by atoms with Gasteiger partial charge in [0.2, 0.25) is 24.0 Å². The molecule has 1 unspecified atom stereocenters. The van der Waals surface area contributed by atoms with Gasteiger partial charge in [-0.15, -0.1) is 0 Å². The second-order valence-electron chi connectivity index (χ2n) is 16.8. The summed E-state index contributed by atoms with van der Waals surface area (Å²) in [5, 5.41) is 8.61. The van der Waals surface area contributed by atoms with Crippen LogP contribution in [-0.2, 0) is 24.0 Å². The zero-order valence-electron chi connectivity index (χ0n) is 29.5. The number of aliphatic imine (C=N–C) groups is 1. The monoisotopic (exact) mass is 654 g/mol. The molecule has 47 heavy (non-hydrogen) atoms. The first-order valence-corrected chi connectivity index (χ1v) is 18.1. The maximum absolute atomic E-state index is 14.8. The summed E-state index contributed by atoms with van der Waals surface area (Å²) in [6, 6.07) is -3.01. The minimum Gasteiger partial charge on any atom is -0.386 e. The molecular formula is C36H58N6O5. The van der Waals surface area contributed by atoms with Crippen molar-refractivity contribution in [1.82, 2.24) is 20.9 Å². The number of likely N-dealkylation sites (tertiary alicyclic amines) is 1. The largest absolute Gasteiger partial charge is 0.386 e. The average Bonchev–Trinajstić information content (AvgIpc) is 3.82. The summed E-state index contributed by atoms with van der Waals surface area (Å²) in [5.41, 5.74) is 6.13. The number of amidine groups is 1. The van der Waals surface area contributed by atoms with E-state index < -0.39 is 41.3 Å². The number of carbonyl (C=O) groups is 5. The first-order chi connectivity index (χ1) is 22.1. The van der Waals surface area contributed by atoms with Crippen molar-refractivity contribution in [2.45, 2.75) is 155 Å². The number of ketones is 1. The van der Waals surface area contributed by atoms with Gasteiger partial charge in [-0.3, -0.25) is 29.0 Å². The minimum absolute atomic E-state index is 0.00493. The molecule has 5 aliphatic rings. The fourth-order valence-corrected chi connectivity index (χ4v) is 9.54. The van der Waals surface area contributed by atoms with E-state index in [9.17, 15) is 24.0 Å². The van der Waals surface area contributed by atoms with Crippen molar-refractivity contribution in [2.24, 2.45) is 38.3 Å². The van der Waals surface area contributed by atoms with Crippen molar-refractivity contribution in [3.05, 3.63) is 0 Å². The Morgan fingerprint density at radius 3 is 2.17 bits per heavy atom. The lowest BCUT2D eigenvalue weighted by Gasteiger charge is -2.37. The lowest BCUT2D eigenvalue weighted by Crippen LogP contribution is -2.60. The Morgan fingerprint density at radius 1 is 1.00 bits per heavy atom. The highest BCUT2D eigenvalue weighted by molar-refractivity contribution is 6.38. The third-order valence-electron chi connectivity index (χ3n) is 12.8. The Morgan fingerprint density at radius 2 is 1.66 bits per heavy atom. The van der Waals surface area contributed by atoms with Crippen LogP contribution in [0.5, 0.6) is 0 Å². The van der Waals surface area contributed by atoms with E-state index >= 15 is 0 Å². The molecule has 0 bridgehead atoms. The zero-order chi connectivity index (χ0) is 34.4. The smallest absolute Gasteiger partial charge is 0.289 e. The second kappa shape index (κ2) is 13.1. The molecule has 5 atom stereocenters. The normalized spacial score (nSPS) is 28.6. The number of fused-ring (bicyclic) bond motifs is 1. The molecule has 0 radical (unpaired) electrons. The maximum atomic E-state index is 14.8. The summed E-state index contributed by atoms with van der Waals surface area (Å²) in [7, 11) is 0. The molecule has 1 heterocycles. The molecule has 11 heteroatoms. The predicted octanol–water partition coefficient (Wildman–Crippen LogP) is 3.38. The van der Waals surface area contributed by atoms with Crippen LogP contribution in [0.1, 0.15) is 125 Å². The summed E-state index contributed by atoms with van der Waals surface area (Å²) in [6.07, 6.45) is 12.2. The first kappa shape index (κ1) is 35.3. The van der Waals surface area contributed by atoms with Crippen molar-refractivity contribution in [3.8, 4) is 0 Å². The molecule has 4 saturated carbocycles. The molecule has 0 aromatic carbocycles. The van der Waals surface area contributed by atoms with Gasteiger partial charge in [-0.1, -0.05) is 73.6 Å². The number of rotatable bonds is 13. The van der Waals surface area contributed by atoms with Gasteiger partial charge in [0.05, 0.1) is 6.04 Å². The van der Waals surface area contributed by atoms with Crippen molar-refractivity contribution < 1.29 is 24.0 Å². The van der Waals surface area contributed by atoms with Gasteiger partial charge in [-0.05, 0) is 73.5 Å². The molecule has 0 aromatic rings. The molecule has 1 saturated heterocycles. The van der Waals surface area contributed by atoms with Crippen molar-refractivity contribution in [1.29, 1.82) is 0 Å². The number of hydrogen-bond donors (Lipinski definition) is 4. The standard InChI is InChI=1S/C36H58N6O5/c1-7-12-24(27(44)31(46)39-23-15-16-23)40-29(37)25-19-36(34(5,6)35(36)17-11-18-35)20-42(25)32(47)28(33(2,3)4)41-30(45)26(38-21-43)22-13-9-8-10-14-22/h21-26,28H,7-20H2,1-6H3,(H2,37,40)(H,38,43)(H,39,46)(H,41,45)/t24-,25-,26?,28+,36+/m0/s1. The molecule has 5 N–H and O–H groups in total. The van der Waals surface area contributed by atoms with E-state index in [0.717, 1.165) is 64.2 Å². The molecule has 2 spiro atoms. The molecule has 5 fully saturated rings. The van der Waals surface area contributed by atoms with Crippen LogP contribution in [0.3, 0.4) is 0 Å². The Balaban J connectivity index is 1.44. The van der Waals surface area contributed by atoms with Crippen LogP contribution in [0, 0.1) is 27.6 Å². The first-order valence-electron chi connectivity index (χ1n) is 18.1. The van der Waals surface area contributed by atoms with Crippen LogP contribution in [0.4, 0.5) is 0 Å². The molecule has 0 aromatic heterocycles. The van der Waals surface area contributed by atoms with E-state index in [1.807, 2.05) is 32.6 Å². The highest BCUT2D eigenvalue weighted by atomic mass is 16.2. The fraction of sp³-hybridized carbons (Fsp3) is 0.833. The van der Waals surface area contributed by atoms with Crippen molar-refractivity contribution >= 4 is 35.8 Å². The summed E-state index contributed by atoms with van der Waals surface area (Å²) >= 11 is 0. The van der Waals surface area contributed by atoms with E-state index in [0.29, 0.717) is 32.2 Å². The van der Waals surface area contributed by atoms with Crippen LogP contribution in [0.25, 0.3) is 0 Å². The van der Waals surface area contributed by atoms with E-state index in [1.165, 1.54) is 0 Å². The third kappa shape index (κ3) is 6.32. The van der Waals surface area contributed by atoms with E-state index in [1.54, 1.807) is 0 Å². The number of hydrogen-bond acceptors (Lipinski definition) is 6. The Kier molecular flexibility index (Phi) is 9.88. The van der Waals surface area contributed by atoms with E-state index in [2.05, 4.69) is 29.8 Å². The van der Waals surface area contributed by atoms with Gasteiger partial charge in [-0.25, -0.2) is 0 Å². The Labute approximate surface area is 280 Å². The van der Waals surface area contributed by atoms with Crippen LogP contribution in [-0.4, -0.2) is 77.4 Å². The van der Waals surface area contributed by atoms with Crippen LogP contribution < -0.4 is 21.7 Å². The topological polar surface area (TPSA) is 163 Å². The lowest BCUT2D eigenvalue weighted by molar-refractivity contribution is -0.140. The van der Waals surface area contributed by atoms with Crippen LogP contribution in [0.2, 0.25) is 0 Å². The Hall–Kier alpha value is -2.98. The van der Waals surface area contributed by atoms with Gasteiger partial charge >= 0.3 is 0 Å². The summed E-state index contributed by atoms with van der Waals surface area (Å²) in [4.78, 5) is 72.7. The number of nitrogens with zero attached hydrogens (tertiary/aromatic N) is 2. The number of nitrogens with one attached hydrogen (secondary N) is 3. The highest BCUT2D eigenvalue weighted by Gasteiger charge is 2.85. The van der Waals surface area contributed by atoms with Gasteiger partial charge < -0.3 is 26.6 Å². The molecule has 11 nitrogen and oxygen atoms in total. The van der Waals surface area contributed by atoms with E-state index in [4.69, 9.17) is 10.7 Å². The number of carbonyl (C=O) groups excluding carboxylic acids is 5. The van der Waals surface area contributed by atoms with Crippen LogP contribution in [0.15, 0.2) is 4.99 Å². The quantitative estimate of drug-likeness (QED) is 0.103. The Bertz CT molecular complexity index is 1270. The van der Waals surface area contributed by atoms with Gasteiger partial charge in [-0.2, -0.15) is 0 Å². The SMILES string of the molecule is CCC[C@H](N=C(N)[C@@H]1C[C@@]2(CN1C(=O)[C@@H](NC(=O)C(NC=O)C1CCCCC1)C(C)(C)C)C(C)(C)C21CCC1)C(=O)C(=O)NC1CC1. The molecular weight excluding hydrogens is 596 g/mol. The summed E-state index contributed by atoms with van der Waals surface area (Å²) in [5.74, 6) is -1.58. The molecule has 262 valence electrons. The number of Topliss-reactive ketones (excluding diaryl/α,β-unsaturated/α-hetero) is 1. The summed E-state index contributed by atoms with van der Waals surface area (Å²) in [6.45, 7) is 12.8. The second-order valence-corrected chi connectivity index (χ2v) is 16.8. The van der Waals surface area contributed by atoms with Gasteiger partial charge in [0.15, 0.2) is 0 Å². The van der Waals surface area contributed by atoms with Crippen molar-refractivity contribution in [3.63, 3.8) is 0 Å². The molecule has 1 aliphatic heterocycles. The number of nitrogens with two attached hydrogens (primary N) is 1. The molecule has 4 amide bonds. The highest BCUT2D eigenvalue weighted by Crippen LogP contribution is 2.88. The predicted molar refractivity (Wildman–Crippen MR) is 180 cm³/mol. The van der Waals surface area contributed by atoms with Gasteiger partial charge in [0.25, 0.3) is 5.91 Å². The maximum Gasteiger partial charge on any atom is 0.289 e. The van der Waals surface area contributed by atoms with E-state index in [-0.39, 0.29) is 45.9 Å². The van der Waals surface area contributed by atoms with Gasteiger partial charge in [0.1, 0.15) is 24.0 Å². The molecule has 5 rings (SSSR count). The third-order valence-corrected chi connectivity index (χ3v) is 12.8. The lowest BCUT2D eigenvalue weighted by atomic mass is 9.73. The minimum atomic E-state index is -0.916. The van der Waals surface area contributed by atoms with Crippen molar-refractivity contribution in [2.75, 3.05) is 6.54 Å².